The average Bonchev–Trinajstić information content (AvgIpc) is 3.13. The number of aromatic nitrogens is 2. The van der Waals surface area contributed by atoms with Crippen LogP contribution in [0.2, 0.25) is 0 Å². The molecule has 2 atom stereocenters. The number of amides is 2. The van der Waals surface area contributed by atoms with Gasteiger partial charge in [0.05, 0.1) is 30.5 Å². The minimum Gasteiger partial charge on any atom is -0.464 e. The van der Waals surface area contributed by atoms with Crippen LogP contribution in [-0.4, -0.2) is 46.6 Å². The van der Waals surface area contributed by atoms with E-state index in [9.17, 15) is 14.4 Å². The van der Waals surface area contributed by atoms with Gasteiger partial charge in [0.1, 0.15) is 0 Å². The number of rotatable bonds is 4. The third-order valence-corrected chi connectivity index (χ3v) is 5.30. The molecule has 1 saturated heterocycles. The number of hydrogen-bond donors (Lipinski definition) is 1. The fourth-order valence-electron chi connectivity index (χ4n) is 3.54. The Balaban J connectivity index is 1.92. The topological polar surface area (TPSA) is 93.5 Å². The predicted molar refractivity (Wildman–Crippen MR) is 103 cm³/mol. The van der Waals surface area contributed by atoms with Crippen molar-refractivity contribution < 1.29 is 19.1 Å². The minimum atomic E-state index is -0.631. The summed E-state index contributed by atoms with van der Waals surface area (Å²) in [7, 11) is 4.64. The SMILES string of the molecule is COC(=O)c1nn(C)c(C)c1NC(=O)C1CC(=O)N(C)C1c1ccc(C)cc1. The highest BCUT2D eigenvalue weighted by Gasteiger charge is 2.43. The third-order valence-electron chi connectivity index (χ3n) is 5.30. The van der Waals surface area contributed by atoms with Crippen molar-refractivity contribution in [1.82, 2.24) is 14.7 Å². The van der Waals surface area contributed by atoms with Crippen LogP contribution in [0.1, 0.15) is 39.8 Å². The summed E-state index contributed by atoms with van der Waals surface area (Å²) in [6.07, 6.45) is 0.105. The Morgan fingerprint density at radius 2 is 1.82 bits per heavy atom. The largest absolute Gasteiger partial charge is 0.464 e. The van der Waals surface area contributed by atoms with E-state index in [-0.39, 0.29) is 30.0 Å². The second-order valence-electron chi connectivity index (χ2n) is 7.08. The number of carbonyl (C=O) groups is 3. The molecule has 1 aliphatic rings. The molecule has 8 heteroatoms. The van der Waals surface area contributed by atoms with Crippen molar-refractivity contribution in [3.8, 4) is 0 Å². The molecule has 3 rings (SSSR count). The van der Waals surface area contributed by atoms with Crippen molar-refractivity contribution >= 4 is 23.5 Å². The number of nitrogens with zero attached hydrogens (tertiary/aromatic N) is 3. The van der Waals surface area contributed by atoms with Crippen molar-refractivity contribution in [2.24, 2.45) is 13.0 Å². The molecular formula is C20H24N4O4. The molecule has 2 heterocycles. The smallest absolute Gasteiger partial charge is 0.360 e. The second kappa shape index (κ2) is 7.46. The Morgan fingerprint density at radius 1 is 1.18 bits per heavy atom. The van der Waals surface area contributed by atoms with Gasteiger partial charge in [-0.3, -0.25) is 14.3 Å². The quantitative estimate of drug-likeness (QED) is 0.814. The lowest BCUT2D eigenvalue weighted by Gasteiger charge is -2.25. The minimum absolute atomic E-state index is 0.0420. The average molecular weight is 384 g/mol. The van der Waals surface area contributed by atoms with Crippen LogP contribution in [0, 0.1) is 19.8 Å². The number of ether oxygens (including phenoxy) is 1. The highest BCUT2D eigenvalue weighted by atomic mass is 16.5. The van der Waals surface area contributed by atoms with Crippen molar-refractivity contribution in [2.45, 2.75) is 26.3 Å². The number of anilines is 1. The van der Waals surface area contributed by atoms with E-state index in [1.54, 1.807) is 25.9 Å². The molecule has 0 spiro atoms. The number of likely N-dealkylation sites (tertiary alicyclic amines) is 1. The van der Waals surface area contributed by atoms with E-state index in [2.05, 4.69) is 10.4 Å². The van der Waals surface area contributed by atoms with Crippen LogP contribution in [0.3, 0.4) is 0 Å². The molecule has 2 aromatic rings. The van der Waals surface area contributed by atoms with Crippen LogP contribution < -0.4 is 5.32 Å². The standard InChI is InChI=1S/C20H24N4O4/c1-11-6-8-13(9-7-11)18-14(10-15(25)23(18)3)19(26)21-16-12(2)24(4)22-17(16)20(27)28-5/h6-9,14,18H,10H2,1-5H3,(H,21,26). The first kappa shape index (κ1) is 19.6. The molecule has 1 N–H and O–H groups in total. The van der Waals surface area contributed by atoms with Crippen molar-refractivity contribution in [3.05, 3.63) is 46.8 Å². The zero-order valence-corrected chi connectivity index (χ0v) is 16.6. The van der Waals surface area contributed by atoms with Gasteiger partial charge in [-0.05, 0) is 19.4 Å². The van der Waals surface area contributed by atoms with E-state index in [4.69, 9.17) is 4.74 Å². The first-order valence-corrected chi connectivity index (χ1v) is 8.99. The molecule has 1 aromatic carbocycles. The summed E-state index contributed by atoms with van der Waals surface area (Å²) < 4.78 is 6.26. The fraction of sp³-hybridized carbons (Fsp3) is 0.400. The number of methoxy groups -OCH3 is 1. The van der Waals surface area contributed by atoms with Crippen LogP contribution in [-0.2, 0) is 21.4 Å². The Morgan fingerprint density at radius 3 is 2.43 bits per heavy atom. The first-order chi connectivity index (χ1) is 13.2. The maximum Gasteiger partial charge on any atom is 0.360 e. The van der Waals surface area contributed by atoms with Gasteiger partial charge < -0.3 is 15.0 Å². The van der Waals surface area contributed by atoms with Gasteiger partial charge in [0, 0.05) is 20.5 Å². The van der Waals surface area contributed by atoms with E-state index in [0.717, 1.165) is 11.1 Å². The molecule has 0 bridgehead atoms. The zero-order chi connectivity index (χ0) is 20.6. The monoisotopic (exact) mass is 384 g/mol. The number of nitrogens with one attached hydrogen (secondary N) is 1. The Hall–Kier alpha value is -3.16. The Kier molecular flexibility index (Phi) is 5.22. The number of aryl methyl sites for hydroxylation is 2. The molecule has 0 aliphatic carbocycles. The molecule has 0 saturated carbocycles. The van der Waals surface area contributed by atoms with E-state index in [0.29, 0.717) is 11.4 Å². The van der Waals surface area contributed by atoms with Gasteiger partial charge in [0.2, 0.25) is 11.8 Å². The number of esters is 1. The summed E-state index contributed by atoms with van der Waals surface area (Å²) in [5, 5.41) is 6.93. The molecule has 1 aliphatic heterocycles. The van der Waals surface area contributed by atoms with Crippen molar-refractivity contribution in [2.75, 3.05) is 19.5 Å². The molecule has 28 heavy (non-hydrogen) atoms. The highest BCUT2D eigenvalue weighted by molar-refractivity contribution is 6.03. The zero-order valence-electron chi connectivity index (χ0n) is 16.6. The Labute approximate surface area is 163 Å². The highest BCUT2D eigenvalue weighted by Crippen LogP contribution is 2.38. The third kappa shape index (κ3) is 3.37. The fourth-order valence-corrected chi connectivity index (χ4v) is 3.54. The van der Waals surface area contributed by atoms with E-state index in [1.165, 1.54) is 11.8 Å². The van der Waals surface area contributed by atoms with E-state index < -0.39 is 11.9 Å². The summed E-state index contributed by atoms with van der Waals surface area (Å²) in [6.45, 7) is 3.73. The summed E-state index contributed by atoms with van der Waals surface area (Å²) in [4.78, 5) is 39.1. The van der Waals surface area contributed by atoms with Gasteiger partial charge >= 0.3 is 5.97 Å². The molecule has 148 valence electrons. The van der Waals surface area contributed by atoms with Crippen LogP contribution in [0.25, 0.3) is 0 Å². The van der Waals surface area contributed by atoms with Gasteiger partial charge in [0.25, 0.3) is 0 Å². The van der Waals surface area contributed by atoms with Crippen LogP contribution in [0.5, 0.6) is 0 Å². The predicted octanol–water partition coefficient (Wildman–Crippen LogP) is 1.98. The molecule has 1 fully saturated rings. The summed E-state index contributed by atoms with van der Waals surface area (Å²) >= 11 is 0. The lowest BCUT2D eigenvalue weighted by molar-refractivity contribution is -0.128. The van der Waals surface area contributed by atoms with Crippen molar-refractivity contribution in [1.29, 1.82) is 0 Å². The molecule has 0 radical (unpaired) electrons. The molecular weight excluding hydrogens is 360 g/mol. The van der Waals surface area contributed by atoms with Crippen LogP contribution in [0.15, 0.2) is 24.3 Å². The van der Waals surface area contributed by atoms with Gasteiger partial charge in [-0.1, -0.05) is 29.8 Å². The van der Waals surface area contributed by atoms with Gasteiger partial charge in [-0.25, -0.2) is 4.79 Å². The van der Waals surface area contributed by atoms with Crippen molar-refractivity contribution in [3.63, 3.8) is 0 Å². The lowest BCUT2D eigenvalue weighted by Crippen LogP contribution is -2.30. The summed E-state index contributed by atoms with van der Waals surface area (Å²) in [5.74, 6) is -1.63. The number of benzene rings is 1. The van der Waals surface area contributed by atoms with Gasteiger partial charge in [-0.15, -0.1) is 0 Å². The number of hydrogen-bond acceptors (Lipinski definition) is 5. The Bertz CT molecular complexity index is 932. The molecule has 1 aromatic heterocycles. The van der Waals surface area contributed by atoms with Crippen LogP contribution >= 0.6 is 0 Å². The first-order valence-electron chi connectivity index (χ1n) is 8.99. The molecule has 2 unspecified atom stereocenters. The van der Waals surface area contributed by atoms with Gasteiger partial charge in [0.15, 0.2) is 5.69 Å². The second-order valence-corrected chi connectivity index (χ2v) is 7.08. The van der Waals surface area contributed by atoms with Gasteiger partial charge in [-0.2, -0.15) is 5.10 Å². The summed E-state index contributed by atoms with van der Waals surface area (Å²) in [5.41, 5.74) is 2.98. The lowest BCUT2D eigenvalue weighted by atomic mass is 9.92. The molecule has 8 nitrogen and oxygen atoms in total. The summed E-state index contributed by atoms with van der Waals surface area (Å²) in [6, 6.07) is 7.42. The number of carbonyl (C=O) groups excluding carboxylic acids is 3. The normalized spacial score (nSPS) is 19.0. The molecule has 2 amide bonds. The van der Waals surface area contributed by atoms with Crippen LogP contribution in [0.4, 0.5) is 5.69 Å². The maximum atomic E-state index is 13.1. The van der Waals surface area contributed by atoms with E-state index in [1.807, 2.05) is 31.2 Å². The maximum absolute atomic E-state index is 13.1. The van der Waals surface area contributed by atoms with E-state index >= 15 is 0 Å².